The van der Waals surface area contributed by atoms with Crippen LogP contribution in [0.2, 0.25) is 0 Å². The highest BCUT2D eigenvalue weighted by molar-refractivity contribution is 5.89. The average Bonchev–Trinajstić information content (AvgIpc) is 2.38. The second-order valence-corrected chi connectivity index (χ2v) is 4.84. The lowest BCUT2D eigenvalue weighted by Crippen LogP contribution is -2.50. The normalized spacial score (nSPS) is 26.4. The van der Waals surface area contributed by atoms with Crippen LogP contribution >= 0.6 is 0 Å². The molecule has 6 heteroatoms. The van der Waals surface area contributed by atoms with Crippen LogP contribution in [0.1, 0.15) is 32.1 Å². The minimum atomic E-state index is -0.995. The standard InChI is InChI=1S/C13H20N2O4/c1-2-10(16)19-8-7-13(12(15)18)6-4-3-5-9(13)11(14)17/h2,9H,1,3-8H2,(H2,14,17)(H2,15,18). The van der Waals surface area contributed by atoms with Crippen LogP contribution in [0.4, 0.5) is 0 Å². The van der Waals surface area contributed by atoms with E-state index in [1.807, 2.05) is 0 Å². The maximum Gasteiger partial charge on any atom is 0.330 e. The fraction of sp³-hybridized carbons (Fsp3) is 0.615. The van der Waals surface area contributed by atoms with Crippen LogP contribution in [0.3, 0.4) is 0 Å². The number of amides is 2. The van der Waals surface area contributed by atoms with E-state index in [9.17, 15) is 14.4 Å². The molecule has 1 fully saturated rings. The van der Waals surface area contributed by atoms with Gasteiger partial charge in [-0.15, -0.1) is 0 Å². The van der Waals surface area contributed by atoms with Crippen LogP contribution < -0.4 is 11.5 Å². The Kier molecular flexibility index (Phi) is 5.09. The predicted octanol–water partition coefficient (Wildman–Crippen LogP) is 0.253. The monoisotopic (exact) mass is 268 g/mol. The molecular weight excluding hydrogens is 248 g/mol. The van der Waals surface area contributed by atoms with E-state index in [0.29, 0.717) is 12.8 Å². The van der Waals surface area contributed by atoms with Gasteiger partial charge >= 0.3 is 5.97 Å². The number of esters is 1. The third-order valence-electron chi connectivity index (χ3n) is 3.83. The molecule has 1 aliphatic rings. The van der Waals surface area contributed by atoms with E-state index in [4.69, 9.17) is 16.2 Å². The fourth-order valence-electron chi connectivity index (χ4n) is 2.76. The Balaban J connectivity index is 2.82. The zero-order valence-corrected chi connectivity index (χ0v) is 10.9. The van der Waals surface area contributed by atoms with E-state index in [-0.39, 0.29) is 13.0 Å². The number of ether oxygens (including phenoxy) is 1. The largest absolute Gasteiger partial charge is 0.463 e. The number of primary amides is 2. The molecule has 2 amide bonds. The van der Waals surface area contributed by atoms with Crippen molar-refractivity contribution < 1.29 is 19.1 Å². The highest BCUT2D eigenvalue weighted by Gasteiger charge is 2.48. The number of rotatable bonds is 6. The van der Waals surface area contributed by atoms with Crippen molar-refractivity contribution in [3.05, 3.63) is 12.7 Å². The van der Waals surface area contributed by atoms with Crippen LogP contribution in [-0.4, -0.2) is 24.4 Å². The van der Waals surface area contributed by atoms with Crippen molar-refractivity contribution in [2.45, 2.75) is 32.1 Å². The molecule has 1 saturated carbocycles. The van der Waals surface area contributed by atoms with E-state index in [1.165, 1.54) is 0 Å². The van der Waals surface area contributed by atoms with Gasteiger partial charge in [-0.05, 0) is 19.3 Å². The van der Waals surface area contributed by atoms with Gasteiger partial charge in [0.15, 0.2) is 0 Å². The highest BCUT2D eigenvalue weighted by atomic mass is 16.5. The molecule has 106 valence electrons. The smallest absolute Gasteiger partial charge is 0.330 e. The van der Waals surface area contributed by atoms with Crippen LogP contribution in [0.25, 0.3) is 0 Å². The van der Waals surface area contributed by atoms with Crippen LogP contribution in [0, 0.1) is 11.3 Å². The van der Waals surface area contributed by atoms with Crippen LogP contribution in [0.5, 0.6) is 0 Å². The lowest BCUT2D eigenvalue weighted by molar-refractivity contribution is -0.147. The number of carbonyl (C=O) groups is 3. The van der Waals surface area contributed by atoms with E-state index >= 15 is 0 Å². The maximum atomic E-state index is 11.8. The SMILES string of the molecule is C=CC(=O)OCCC1(C(N)=O)CCCCC1C(N)=O. The molecule has 0 radical (unpaired) electrons. The van der Waals surface area contributed by atoms with E-state index in [0.717, 1.165) is 18.9 Å². The number of hydrogen-bond donors (Lipinski definition) is 2. The summed E-state index contributed by atoms with van der Waals surface area (Å²) in [5, 5.41) is 0. The lowest BCUT2D eigenvalue weighted by atomic mass is 9.63. The van der Waals surface area contributed by atoms with Gasteiger partial charge in [0.2, 0.25) is 11.8 Å². The first-order chi connectivity index (χ1) is 8.94. The quantitative estimate of drug-likeness (QED) is 0.531. The minimum absolute atomic E-state index is 0.0254. The van der Waals surface area contributed by atoms with Crippen molar-refractivity contribution in [3.8, 4) is 0 Å². The Hall–Kier alpha value is -1.85. The molecule has 0 saturated heterocycles. The summed E-state index contributed by atoms with van der Waals surface area (Å²) in [5.41, 5.74) is 9.85. The summed E-state index contributed by atoms with van der Waals surface area (Å²) in [7, 11) is 0. The molecule has 0 bridgehead atoms. The van der Waals surface area contributed by atoms with Crippen molar-refractivity contribution >= 4 is 17.8 Å². The zero-order chi connectivity index (χ0) is 14.5. The first kappa shape index (κ1) is 15.2. The Morgan fingerprint density at radius 1 is 1.32 bits per heavy atom. The Morgan fingerprint density at radius 2 is 2.00 bits per heavy atom. The van der Waals surface area contributed by atoms with Gasteiger partial charge < -0.3 is 16.2 Å². The summed E-state index contributed by atoms with van der Waals surface area (Å²) in [6.07, 6.45) is 3.96. The van der Waals surface area contributed by atoms with Crippen molar-refractivity contribution in [2.75, 3.05) is 6.61 Å². The van der Waals surface area contributed by atoms with Crippen molar-refractivity contribution in [2.24, 2.45) is 22.8 Å². The van der Waals surface area contributed by atoms with Gasteiger partial charge in [-0.2, -0.15) is 0 Å². The molecule has 0 aromatic heterocycles. The van der Waals surface area contributed by atoms with Gasteiger partial charge in [0.1, 0.15) is 0 Å². The van der Waals surface area contributed by atoms with E-state index in [2.05, 4.69) is 6.58 Å². The Labute approximate surface area is 112 Å². The van der Waals surface area contributed by atoms with Crippen molar-refractivity contribution in [1.82, 2.24) is 0 Å². The van der Waals surface area contributed by atoms with Crippen LogP contribution in [0.15, 0.2) is 12.7 Å². The second kappa shape index (κ2) is 6.36. The Morgan fingerprint density at radius 3 is 2.53 bits per heavy atom. The summed E-state index contributed by atoms with van der Waals surface area (Å²) in [6.45, 7) is 3.31. The van der Waals surface area contributed by atoms with Gasteiger partial charge in [0, 0.05) is 6.08 Å². The summed E-state index contributed by atoms with van der Waals surface area (Å²) in [6, 6.07) is 0. The molecule has 1 rings (SSSR count). The second-order valence-electron chi connectivity index (χ2n) is 4.84. The predicted molar refractivity (Wildman–Crippen MR) is 68.6 cm³/mol. The van der Waals surface area contributed by atoms with Gasteiger partial charge in [-0.1, -0.05) is 19.4 Å². The summed E-state index contributed by atoms with van der Waals surface area (Å²) < 4.78 is 4.88. The topological polar surface area (TPSA) is 112 Å². The zero-order valence-electron chi connectivity index (χ0n) is 10.9. The number of carbonyl (C=O) groups excluding carboxylic acids is 3. The van der Waals surface area contributed by atoms with Crippen LogP contribution in [-0.2, 0) is 19.1 Å². The van der Waals surface area contributed by atoms with Gasteiger partial charge in [-0.3, -0.25) is 9.59 Å². The van der Waals surface area contributed by atoms with Gasteiger partial charge in [0.25, 0.3) is 0 Å². The molecule has 0 spiro atoms. The van der Waals surface area contributed by atoms with Crippen molar-refractivity contribution in [3.63, 3.8) is 0 Å². The first-order valence-corrected chi connectivity index (χ1v) is 6.32. The number of nitrogens with two attached hydrogens (primary N) is 2. The minimum Gasteiger partial charge on any atom is -0.463 e. The molecule has 19 heavy (non-hydrogen) atoms. The maximum absolute atomic E-state index is 11.8. The van der Waals surface area contributed by atoms with Crippen molar-refractivity contribution in [1.29, 1.82) is 0 Å². The lowest BCUT2D eigenvalue weighted by Gasteiger charge is -2.39. The summed E-state index contributed by atoms with van der Waals surface area (Å²) >= 11 is 0. The van der Waals surface area contributed by atoms with E-state index in [1.54, 1.807) is 0 Å². The third-order valence-corrected chi connectivity index (χ3v) is 3.83. The molecule has 6 nitrogen and oxygen atoms in total. The molecule has 4 N–H and O–H groups in total. The highest BCUT2D eigenvalue weighted by Crippen LogP contribution is 2.43. The number of hydrogen-bond acceptors (Lipinski definition) is 4. The van der Waals surface area contributed by atoms with E-state index < -0.39 is 29.1 Å². The molecule has 0 aliphatic heterocycles. The molecule has 2 unspecified atom stereocenters. The third kappa shape index (κ3) is 3.33. The average molecular weight is 268 g/mol. The summed E-state index contributed by atoms with van der Waals surface area (Å²) in [5.74, 6) is -2.22. The Bertz CT molecular complexity index is 394. The molecule has 0 aromatic carbocycles. The van der Waals surface area contributed by atoms with Gasteiger partial charge in [-0.25, -0.2) is 4.79 Å². The molecule has 1 aliphatic carbocycles. The van der Waals surface area contributed by atoms with Gasteiger partial charge in [0.05, 0.1) is 17.9 Å². The summed E-state index contributed by atoms with van der Waals surface area (Å²) in [4.78, 5) is 34.3. The molecule has 0 aromatic rings. The molecule has 2 atom stereocenters. The fourth-order valence-corrected chi connectivity index (χ4v) is 2.76. The molecular formula is C13H20N2O4. The molecule has 0 heterocycles. The first-order valence-electron chi connectivity index (χ1n) is 6.32.